The number of aromatic nitrogens is 2. The molecule has 0 radical (unpaired) electrons. The summed E-state index contributed by atoms with van der Waals surface area (Å²) in [6.07, 6.45) is 1.07. The largest absolute Gasteiger partial charge is 0.486 e. The summed E-state index contributed by atoms with van der Waals surface area (Å²) in [5, 5.41) is 0.735. The van der Waals surface area contributed by atoms with Gasteiger partial charge in [-0.05, 0) is 68.9 Å². The molecule has 0 unspecified atom stereocenters. The lowest BCUT2D eigenvalue weighted by Gasteiger charge is -2.18. The van der Waals surface area contributed by atoms with E-state index in [0.29, 0.717) is 6.61 Å². The Balaban J connectivity index is 1.80. The molecule has 0 bridgehead atoms. The predicted octanol–water partition coefficient (Wildman–Crippen LogP) is 5.31. The van der Waals surface area contributed by atoms with Gasteiger partial charge in [-0.2, -0.15) is 0 Å². The second-order valence-corrected chi connectivity index (χ2v) is 7.23. The fourth-order valence-corrected chi connectivity index (χ4v) is 3.52. The summed E-state index contributed by atoms with van der Waals surface area (Å²) in [4.78, 5) is 7.23. The number of ether oxygens (including phenoxy) is 1. The third-order valence-electron chi connectivity index (χ3n) is 4.90. The van der Waals surface area contributed by atoms with Gasteiger partial charge in [-0.3, -0.25) is 0 Å². The highest BCUT2D eigenvalue weighted by atomic mass is 35.5. The number of rotatable bonds is 9. The van der Waals surface area contributed by atoms with Gasteiger partial charge in [0.1, 0.15) is 18.2 Å². The lowest BCUT2D eigenvalue weighted by Crippen LogP contribution is -2.25. The molecule has 144 valence electrons. The number of halogens is 1. The monoisotopic (exact) mass is 385 g/mol. The first-order chi connectivity index (χ1) is 13.1. The Morgan fingerprint density at radius 2 is 1.93 bits per heavy atom. The maximum absolute atomic E-state index is 6.24. The molecule has 4 nitrogen and oxygen atoms in total. The number of aryl methyl sites for hydroxylation is 2. The number of hydrogen-bond acceptors (Lipinski definition) is 3. The van der Waals surface area contributed by atoms with Gasteiger partial charge in [-0.1, -0.05) is 37.6 Å². The first-order valence-corrected chi connectivity index (χ1v) is 10.0. The molecule has 1 aromatic heterocycles. The number of hydrogen-bond donors (Lipinski definition) is 0. The molecule has 0 amide bonds. The maximum atomic E-state index is 6.24. The summed E-state index contributed by atoms with van der Waals surface area (Å²) >= 11 is 6.24. The second-order valence-electron chi connectivity index (χ2n) is 6.80. The van der Waals surface area contributed by atoms with Crippen LogP contribution in [0.5, 0.6) is 5.75 Å². The van der Waals surface area contributed by atoms with Crippen LogP contribution in [0.4, 0.5) is 0 Å². The van der Waals surface area contributed by atoms with Crippen LogP contribution in [0.3, 0.4) is 0 Å². The third kappa shape index (κ3) is 5.02. The second kappa shape index (κ2) is 9.25. The standard InChI is InChI=1S/C22H28ClN3O/c1-4-25(5-2)12-7-13-26-21-15-18(23)10-11-20(21)24-22(26)16-27-19-9-6-8-17(3)14-19/h6,8-11,14-15H,4-5,7,12-13,16H2,1-3H3. The van der Waals surface area contributed by atoms with Crippen molar-refractivity contribution in [2.24, 2.45) is 0 Å². The first kappa shape index (κ1) is 19.7. The van der Waals surface area contributed by atoms with Crippen LogP contribution in [-0.2, 0) is 13.2 Å². The zero-order valence-electron chi connectivity index (χ0n) is 16.4. The molecule has 0 saturated heterocycles. The van der Waals surface area contributed by atoms with E-state index in [1.165, 1.54) is 5.56 Å². The third-order valence-corrected chi connectivity index (χ3v) is 5.13. The molecule has 0 saturated carbocycles. The van der Waals surface area contributed by atoms with Crippen LogP contribution < -0.4 is 4.74 Å². The van der Waals surface area contributed by atoms with E-state index in [2.05, 4.69) is 36.3 Å². The van der Waals surface area contributed by atoms with Gasteiger partial charge in [-0.15, -0.1) is 0 Å². The van der Waals surface area contributed by atoms with Crippen molar-refractivity contribution in [2.75, 3.05) is 19.6 Å². The van der Waals surface area contributed by atoms with Crippen LogP contribution in [0.25, 0.3) is 11.0 Å². The molecule has 0 aliphatic carbocycles. The number of fused-ring (bicyclic) bond motifs is 1. The van der Waals surface area contributed by atoms with Crippen LogP contribution in [0.15, 0.2) is 42.5 Å². The van der Waals surface area contributed by atoms with Gasteiger partial charge in [-0.25, -0.2) is 4.98 Å². The normalized spacial score (nSPS) is 11.4. The fraction of sp³-hybridized carbons (Fsp3) is 0.409. The molecule has 27 heavy (non-hydrogen) atoms. The summed E-state index contributed by atoms with van der Waals surface area (Å²) in [5.74, 6) is 1.81. The molecule has 0 aliphatic heterocycles. The van der Waals surface area contributed by atoms with Gasteiger partial charge < -0.3 is 14.2 Å². The molecule has 0 aliphatic rings. The fourth-order valence-electron chi connectivity index (χ4n) is 3.35. The highest BCUT2D eigenvalue weighted by Gasteiger charge is 2.12. The van der Waals surface area contributed by atoms with Crippen LogP contribution in [0.2, 0.25) is 5.02 Å². The average molecular weight is 386 g/mol. The zero-order valence-corrected chi connectivity index (χ0v) is 17.2. The van der Waals surface area contributed by atoms with E-state index in [9.17, 15) is 0 Å². The van der Waals surface area contributed by atoms with Gasteiger partial charge >= 0.3 is 0 Å². The number of nitrogens with zero attached hydrogens (tertiary/aromatic N) is 3. The van der Waals surface area contributed by atoms with Crippen LogP contribution in [-0.4, -0.2) is 34.1 Å². The first-order valence-electron chi connectivity index (χ1n) is 9.67. The summed E-state index contributed by atoms with van der Waals surface area (Å²) in [7, 11) is 0. The van der Waals surface area contributed by atoms with E-state index < -0.39 is 0 Å². The molecule has 1 heterocycles. The van der Waals surface area contributed by atoms with Crippen molar-refractivity contribution in [2.45, 2.75) is 40.3 Å². The van der Waals surface area contributed by atoms with E-state index in [4.69, 9.17) is 21.3 Å². The van der Waals surface area contributed by atoms with E-state index in [1.807, 2.05) is 36.4 Å². The zero-order chi connectivity index (χ0) is 19.2. The van der Waals surface area contributed by atoms with Crippen molar-refractivity contribution in [3.8, 4) is 5.75 Å². The molecular formula is C22H28ClN3O. The molecular weight excluding hydrogens is 358 g/mol. The molecule has 0 N–H and O–H groups in total. The summed E-state index contributed by atoms with van der Waals surface area (Å²) in [6.45, 7) is 11.1. The number of benzene rings is 2. The minimum atomic E-state index is 0.445. The van der Waals surface area contributed by atoms with Crippen LogP contribution in [0.1, 0.15) is 31.7 Å². The summed E-state index contributed by atoms with van der Waals surface area (Å²) in [5.41, 5.74) is 3.22. The SMILES string of the molecule is CCN(CC)CCCn1c(COc2cccc(C)c2)nc2ccc(Cl)cc21. The molecule has 0 spiro atoms. The van der Waals surface area contributed by atoms with Crippen molar-refractivity contribution < 1.29 is 4.74 Å². The Hall–Kier alpha value is -2.04. The quantitative estimate of drug-likeness (QED) is 0.500. The Labute approximate surface area is 166 Å². The van der Waals surface area contributed by atoms with Crippen molar-refractivity contribution >= 4 is 22.6 Å². The van der Waals surface area contributed by atoms with Gasteiger partial charge in [0.05, 0.1) is 11.0 Å². The Bertz CT molecular complexity index is 886. The van der Waals surface area contributed by atoms with E-state index >= 15 is 0 Å². The summed E-state index contributed by atoms with van der Waals surface area (Å²) in [6, 6.07) is 14.0. The Morgan fingerprint density at radius 3 is 2.67 bits per heavy atom. The van der Waals surface area contributed by atoms with E-state index in [-0.39, 0.29) is 0 Å². The van der Waals surface area contributed by atoms with Gasteiger partial charge in [0.15, 0.2) is 0 Å². The van der Waals surface area contributed by atoms with Crippen LogP contribution in [0, 0.1) is 6.92 Å². The predicted molar refractivity (Wildman–Crippen MR) is 113 cm³/mol. The maximum Gasteiger partial charge on any atom is 0.147 e. The molecule has 2 aromatic carbocycles. The van der Waals surface area contributed by atoms with Crippen molar-refractivity contribution in [1.29, 1.82) is 0 Å². The molecule has 3 rings (SSSR count). The van der Waals surface area contributed by atoms with Gasteiger partial charge in [0.25, 0.3) is 0 Å². The highest BCUT2D eigenvalue weighted by molar-refractivity contribution is 6.31. The average Bonchev–Trinajstić information content (AvgIpc) is 3.00. The lowest BCUT2D eigenvalue weighted by atomic mass is 10.2. The van der Waals surface area contributed by atoms with Gasteiger partial charge in [0, 0.05) is 11.6 Å². The van der Waals surface area contributed by atoms with Crippen molar-refractivity contribution in [3.05, 3.63) is 58.9 Å². The topological polar surface area (TPSA) is 30.3 Å². The molecule has 0 atom stereocenters. The Kier molecular flexibility index (Phi) is 6.75. The lowest BCUT2D eigenvalue weighted by molar-refractivity contribution is 0.279. The van der Waals surface area contributed by atoms with Crippen molar-refractivity contribution in [1.82, 2.24) is 14.5 Å². The Morgan fingerprint density at radius 1 is 1.11 bits per heavy atom. The van der Waals surface area contributed by atoms with Crippen molar-refractivity contribution in [3.63, 3.8) is 0 Å². The molecule has 0 fully saturated rings. The molecule has 5 heteroatoms. The smallest absolute Gasteiger partial charge is 0.147 e. The van der Waals surface area contributed by atoms with Gasteiger partial charge in [0.2, 0.25) is 0 Å². The number of imidazole rings is 1. The minimum absolute atomic E-state index is 0.445. The molecule has 3 aromatic rings. The van der Waals surface area contributed by atoms with E-state index in [1.54, 1.807) is 0 Å². The highest BCUT2D eigenvalue weighted by Crippen LogP contribution is 2.23. The minimum Gasteiger partial charge on any atom is -0.486 e. The van der Waals surface area contributed by atoms with Crippen LogP contribution >= 0.6 is 11.6 Å². The summed E-state index contributed by atoms with van der Waals surface area (Å²) < 4.78 is 8.27. The van der Waals surface area contributed by atoms with E-state index in [0.717, 1.165) is 60.2 Å².